The topological polar surface area (TPSA) is 96.0 Å². The van der Waals surface area contributed by atoms with E-state index in [2.05, 4.69) is 5.32 Å². The highest BCUT2D eigenvalue weighted by atomic mass is 32.2. The molecule has 1 saturated heterocycles. The van der Waals surface area contributed by atoms with Gasteiger partial charge in [0.05, 0.1) is 17.1 Å². The summed E-state index contributed by atoms with van der Waals surface area (Å²) in [5.41, 5.74) is 1.97. The molecule has 0 atom stereocenters. The number of ether oxygens (including phenoxy) is 1. The molecule has 2 aliphatic heterocycles. The van der Waals surface area contributed by atoms with Crippen LogP contribution in [0.5, 0.6) is 5.75 Å². The van der Waals surface area contributed by atoms with Crippen molar-refractivity contribution in [1.29, 1.82) is 0 Å². The Morgan fingerprint density at radius 2 is 1.65 bits per heavy atom. The first kappa shape index (κ1) is 24.9. The molecule has 2 aliphatic rings. The van der Waals surface area contributed by atoms with Crippen LogP contribution in [0, 0.1) is 5.82 Å². The molecule has 37 heavy (non-hydrogen) atoms. The van der Waals surface area contributed by atoms with Crippen molar-refractivity contribution in [3.63, 3.8) is 0 Å². The largest absolute Gasteiger partial charge is 0.482 e. The van der Waals surface area contributed by atoms with E-state index < -0.39 is 15.9 Å². The summed E-state index contributed by atoms with van der Waals surface area (Å²) in [7, 11) is -3.58. The maximum atomic E-state index is 13.3. The van der Waals surface area contributed by atoms with Gasteiger partial charge in [0.15, 0.2) is 6.61 Å². The van der Waals surface area contributed by atoms with Crippen LogP contribution >= 0.6 is 0 Å². The van der Waals surface area contributed by atoms with Crippen LogP contribution in [-0.4, -0.2) is 44.2 Å². The highest BCUT2D eigenvalue weighted by Crippen LogP contribution is 2.35. The fourth-order valence-corrected chi connectivity index (χ4v) is 5.98. The minimum absolute atomic E-state index is 0.118. The lowest BCUT2D eigenvalue weighted by molar-refractivity contribution is -0.121. The first-order valence-electron chi connectivity index (χ1n) is 12.0. The first-order chi connectivity index (χ1) is 17.8. The number of anilines is 2. The van der Waals surface area contributed by atoms with Gasteiger partial charge in [0, 0.05) is 24.3 Å². The maximum absolute atomic E-state index is 13.3. The molecule has 2 amide bonds. The number of piperidine rings is 1. The normalized spacial score (nSPS) is 16.1. The molecular weight excluding hydrogens is 497 g/mol. The Labute approximate surface area is 214 Å². The molecule has 3 aromatic carbocycles. The lowest BCUT2D eigenvalue weighted by atomic mass is 10.1. The van der Waals surface area contributed by atoms with E-state index in [1.54, 1.807) is 30.3 Å². The number of nitrogens with zero attached hydrogens (tertiary/aromatic N) is 2. The summed E-state index contributed by atoms with van der Waals surface area (Å²) >= 11 is 0. The molecule has 1 fully saturated rings. The van der Waals surface area contributed by atoms with Crippen molar-refractivity contribution in [3.8, 4) is 5.75 Å². The molecule has 2 heterocycles. The molecule has 10 heteroatoms. The van der Waals surface area contributed by atoms with Crippen molar-refractivity contribution >= 4 is 33.2 Å². The van der Waals surface area contributed by atoms with Gasteiger partial charge in [-0.2, -0.15) is 4.31 Å². The number of nitrogens with one attached hydrogen (secondary N) is 1. The number of hydrogen-bond donors (Lipinski definition) is 1. The smallest absolute Gasteiger partial charge is 0.265 e. The summed E-state index contributed by atoms with van der Waals surface area (Å²) in [4.78, 5) is 27.2. The molecule has 0 unspecified atom stereocenters. The Morgan fingerprint density at radius 3 is 2.35 bits per heavy atom. The summed E-state index contributed by atoms with van der Waals surface area (Å²) in [6.45, 7) is 1.12. The third-order valence-electron chi connectivity index (χ3n) is 6.48. The number of benzene rings is 3. The molecule has 8 nitrogen and oxygen atoms in total. The molecule has 0 aliphatic carbocycles. The first-order valence-corrected chi connectivity index (χ1v) is 13.5. The Morgan fingerprint density at radius 1 is 0.946 bits per heavy atom. The Hall–Kier alpha value is -3.76. The second-order valence-corrected chi connectivity index (χ2v) is 11.0. The number of amides is 2. The van der Waals surface area contributed by atoms with Gasteiger partial charge in [-0.25, -0.2) is 12.8 Å². The van der Waals surface area contributed by atoms with Crippen LogP contribution < -0.4 is 15.0 Å². The summed E-state index contributed by atoms with van der Waals surface area (Å²) in [5.74, 6) is -0.549. The Bertz CT molecular complexity index is 1420. The fourth-order valence-electron chi connectivity index (χ4n) is 4.46. The number of carbonyl (C=O) groups is 2. The van der Waals surface area contributed by atoms with Gasteiger partial charge in [0.2, 0.25) is 10.0 Å². The number of fused-ring (bicyclic) bond motifs is 1. The summed E-state index contributed by atoms with van der Waals surface area (Å²) in [5, 5.41) is 2.79. The predicted molar refractivity (Wildman–Crippen MR) is 137 cm³/mol. The van der Waals surface area contributed by atoms with Crippen LogP contribution in [-0.2, 0) is 21.4 Å². The summed E-state index contributed by atoms with van der Waals surface area (Å²) in [6, 6.07) is 16.7. The Balaban J connectivity index is 1.32. The van der Waals surface area contributed by atoms with Crippen molar-refractivity contribution in [1.82, 2.24) is 4.31 Å². The van der Waals surface area contributed by atoms with Crippen molar-refractivity contribution in [2.24, 2.45) is 0 Å². The molecule has 1 N–H and O–H groups in total. The van der Waals surface area contributed by atoms with Gasteiger partial charge in [0.25, 0.3) is 11.8 Å². The average Bonchev–Trinajstić information content (AvgIpc) is 2.92. The van der Waals surface area contributed by atoms with Crippen molar-refractivity contribution in [2.75, 3.05) is 29.9 Å². The minimum atomic E-state index is -3.58. The maximum Gasteiger partial charge on any atom is 0.265 e. The molecular formula is C27H26FN3O5S. The molecule has 0 saturated carbocycles. The van der Waals surface area contributed by atoms with E-state index in [0.717, 1.165) is 24.8 Å². The van der Waals surface area contributed by atoms with Crippen LogP contribution in [0.25, 0.3) is 0 Å². The van der Waals surface area contributed by atoms with Gasteiger partial charge >= 0.3 is 0 Å². The third kappa shape index (κ3) is 5.35. The van der Waals surface area contributed by atoms with Crippen LogP contribution in [0.4, 0.5) is 15.8 Å². The van der Waals surface area contributed by atoms with Gasteiger partial charge in [-0.15, -0.1) is 0 Å². The van der Waals surface area contributed by atoms with Gasteiger partial charge in [-0.05, 0) is 73.0 Å². The standard InChI is InChI=1S/C27H26FN3O5S/c28-21-8-4-19(5-9-21)17-31-24-16-22(10-13-25(24)36-18-26(31)32)29-27(33)20-6-11-23(12-7-20)37(34,35)30-14-2-1-3-15-30/h4-13,16H,1-3,14-15,17-18H2,(H,29,33). The lowest BCUT2D eigenvalue weighted by Crippen LogP contribution is -2.38. The molecule has 192 valence electrons. The summed E-state index contributed by atoms with van der Waals surface area (Å²) in [6.07, 6.45) is 2.72. The van der Waals surface area contributed by atoms with E-state index in [9.17, 15) is 22.4 Å². The van der Waals surface area contributed by atoms with Crippen molar-refractivity contribution in [2.45, 2.75) is 30.7 Å². The van der Waals surface area contributed by atoms with Crippen molar-refractivity contribution in [3.05, 3.63) is 83.7 Å². The highest BCUT2D eigenvalue weighted by Gasteiger charge is 2.27. The predicted octanol–water partition coefficient (Wildman–Crippen LogP) is 4.18. The van der Waals surface area contributed by atoms with Crippen LogP contribution in [0.3, 0.4) is 0 Å². The van der Waals surface area contributed by atoms with Crippen LogP contribution in [0.2, 0.25) is 0 Å². The second kappa shape index (κ2) is 10.3. The molecule has 3 aromatic rings. The third-order valence-corrected chi connectivity index (χ3v) is 8.40. The fraction of sp³-hybridized carbons (Fsp3) is 0.259. The molecule has 5 rings (SSSR count). The van der Waals surface area contributed by atoms with Gasteiger partial charge in [0.1, 0.15) is 11.6 Å². The lowest BCUT2D eigenvalue weighted by Gasteiger charge is -2.30. The number of rotatable bonds is 6. The van der Waals surface area contributed by atoms with Gasteiger partial charge < -0.3 is 15.0 Å². The quantitative estimate of drug-likeness (QED) is 0.523. The van der Waals surface area contributed by atoms with E-state index in [1.165, 1.54) is 45.6 Å². The van der Waals surface area contributed by atoms with E-state index >= 15 is 0 Å². The number of hydrogen-bond acceptors (Lipinski definition) is 5. The van der Waals surface area contributed by atoms with Gasteiger partial charge in [-0.1, -0.05) is 18.6 Å². The van der Waals surface area contributed by atoms with E-state index in [0.29, 0.717) is 35.8 Å². The minimum Gasteiger partial charge on any atom is -0.482 e. The monoisotopic (exact) mass is 523 g/mol. The van der Waals surface area contributed by atoms with E-state index in [-0.39, 0.29) is 29.8 Å². The van der Waals surface area contributed by atoms with Crippen LogP contribution in [0.1, 0.15) is 35.2 Å². The van der Waals surface area contributed by atoms with Gasteiger partial charge in [-0.3, -0.25) is 9.59 Å². The Kier molecular flexibility index (Phi) is 6.94. The zero-order chi connectivity index (χ0) is 26.0. The second-order valence-electron chi connectivity index (χ2n) is 9.02. The summed E-state index contributed by atoms with van der Waals surface area (Å²) < 4.78 is 46.0. The average molecular weight is 524 g/mol. The zero-order valence-electron chi connectivity index (χ0n) is 20.0. The molecule has 0 bridgehead atoms. The number of sulfonamides is 1. The zero-order valence-corrected chi connectivity index (χ0v) is 20.8. The highest BCUT2D eigenvalue weighted by molar-refractivity contribution is 7.89. The SMILES string of the molecule is O=C(Nc1ccc2c(c1)N(Cc1ccc(F)cc1)C(=O)CO2)c1ccc(S(=O)(=O)N2CCCCC2)cc1. The molecule has 0 spiro atoms. The van der Waals surface area contributed by atoms with E-state index in [4.69, 9.17) is 4.74 Å². The number of carbonyl (C=O) groups excluding carboxylic acids is 2. The van der Waals surface area contributed by atoms with Crippen LogP contribution in [0.15, 0.2) is 71.6 Å². The molecule has 0 radical (unpaired) electrons. The molecule has 0 aromatic heterocycles. The van der Waals surface area contributed by atoms with Crippen molar-refractivity contribution < 1.29 is 27.1 Å². The van der Waals surface area contributed by atoms with E-state index in [1.807, 2.05) is 0 Å². The number of halogens is 1.